The fourth-order valence-corrected chi connectivity index (χ4v) is 1.55. The number of carbonyl (C=O) groups is 1. The fourth-order valence-electron chi connectivity index (χ4n) is 1.55. The zero-order valence-electron chi connectivity index (χ0n) is 9.27. The Kier molecular flexibility index (Phi) is 2.91. The molecule has 0 unspecified atom stereocenters. The summed E-state index contributed by atoms with van der Waals surface area (Å²) in [5, 5.41) is 8.33. The lowest BCUT2D eigenvalue weighted by molar-refractivity contribution is 0.0692. The molecule has 0 saturated heterocycles. The molecule has 0 amide bonds. The van der Waals surface area contributed by atoms with E-state index in [1.54, 1.807) is 0 Å². The van der Waals surface area contributed by atoms with E-state index in [1.807, 2.05) is 0 Å². The summed E-state index contributed by atoms with van der Waals surface area (Å²) in [5.41, 5.74) is 3.99. The lowest BCUT2D eigenvalue weighted by Crippen LogP contribution is -1.98. The third-order valence-electron chi connectivity index (χ3n) is 2.43. The Morgan fingerprint density at radius 1 is 1.12 bits per heavy atom. The normalized spacial score (nSPS) is 10.2. The van der Waals surface area contributed by atoms with E-state index in [1.165, 1.54) is 34.9 Å². The molecule has 0 aliphatic heterocycles. The van der Waals surface area contributed by atoms with Gasteiger partial charge in [0.1, 0.15) is 5.82 Å². The van der Waals surface area contributed by atoms with E-state index in [2.05, 4.69) is 25.1 Å². The summed E-state index contributed by atoms with van der Waals surface area (Å²) in [7, 11) is 0. The van der Waals surface area contributed by atoms with Gasteiger partial charge in [0.25, 0.3) is 0 Å². The highest BCUT2D eigenvalue weighted by atomic mass is 19.1. The van der Waals surface area contributed by atoms with Gasteiger partial charge in [0, 0.05) is 0 Å². The SMILES string of the molecule is Cc1cc2cc-2c1.O=C(O)c1ccccc1F. The van der Waals surface area contributed by atoms with E-state index in [4.69, 9.17) is 5.11 Å². The van der Waals surface area contributed by atoms with Crippen LogP contribution in [0.25, 0.3) is 11.1 Å². The van der Waals surface area contributed by atoms with Crippen molar-refractivity contribution >= 4 is 5.97 Å². The van der Waals surface area contributed by atoms with E-state index in [9.17, 15) is 9.18 Å². The van der Waals surface area contributed by atoms with Crippen LogP contribution in [0.2, 0.25) is 0 Å². The van der Waals surface area contributed by atoms with Gasteiger partial charge in [-0.15, -0.1) is 0 Å². The highest BCUT2D eigenvalue weighted by Gasteiger charge is 2.10. The van der Waals surface area contributed by atoms with Gasteiger partial charge in [-0.2, -0.15) is 0 Å². The molecule has 0 saturated carbocycles. The van der Waals surface area contributed by atoms with Crippen LogP contribution in [0.15, 0.2) is 42.5 Å². The number of carboxylic acids is 1. The molecule has 86 valence electrons. The van der Waals surface area contributed by atoms with Gasteiger partial charge in [-0.05, 0) is 41.8 Å². The van der Waals surface area contributed by atoms with E-state index < -0.39 is 11.8 Å². The monoisotopic (exact) mass is 230 g/mol. The predicted octanol–water partition coefficient (Wildman–Crippen LogP) is 3.50. The lowest BCUT2D eigenvalue weighted by atomic mass is 10.2. The van der Waals surface area contributed by atoms with Gasteiger partial charge in [-0.25, -0.2) is 9.18 Å². The van der Waals surface area contributed by atoms with Crippen molar-refractivity contribution in [3.05, 3.63) is 59.4 Å². The van der Waals surface area contributed by atoms with Crippen LogP contribution >= 0.6 is 0 Å². The molecular weight excluding hydrogens is 219 g/mol. The van der Waals surface area contributed by atoms with Gasteiger partial charge in [-0.3, -0.25) is 0 Å². The maximum Gasteiger partial charge on any atom is 0.338 e. The van der Waals surface area contributed by atoms with Gasteiger partial charge in [0.2, 0.25) is 0 Å². The first kappa shape index (κ1) is 11.3. The third kappa shape index (κ3) is 2.69. The summed E-state index contributed by atoms with van der Waals surface area (Å²) in [6.07, 6.45) is 0. The Balaban J connectivity index is 0.000000134. The van der Waals surface area contributed by atoms with Crippen molar-refractivity contribution in [1.29, 1.82) is 0 Å². The second kappa shape index (κ2) is 4.37. The average molecular weight is 230 g/mol. The second-order valence-corrected chi connectivity index (χ2v) is 3.87. The molecule has 1 N–H and O–H groups in total. The number of halogens is 1. The molecular formula is C14H11FO2. The summed E-state index contributed by atoms with van der Waals surface area (Å²) in [4.78, 5) is 10.2. The third-order valence-corrected chi connectivity index (χ3v) is 2.43. The Morgan fingerprint density at radius 3 is 2.06 bits per heavy atom. The zero-order chi connectivity index (χ0) is 12.4. The van der Waals surface area contributed by atoms with Crippen LogP contribution in [0.5, 0.6) is 0 Å². The number of fused-ring (bicyclic) bond motifs is 1. The van der Waals surface area contributed by atoms with Gasteiger partial charge in [-0.1, -0.05) is 24.3 Å². The van der Waals surface area contributed by atoms with Crippen LogP contribution in [0.1, 0.15) is 15.9 Å². The predicted molar refractivity (Wildman–Crippen MR) is 63.5 cm³/mol. The smallest absolute Gasteiger partial charge is 0.338 e. The molecule has 0 fully saturated rings. The van der Waals surface area contributed by atoms with Gasteiger partial charge >= 0.3 is 5.97 Å². The molecule has 0 heterocycles. The number of aromatic carboxylic acids is 1. The minimum absolute atomic E-state index is 0.289. The highest BCUT2D eigenvalue weighted by Crippen LogP contribution is 2.35. The molecule has 0 radical (unpaired) electrons. The minimum atomic E-state index is -1.24. The molecule has 0 aromatic heterocycles. The van der Waals surface area contributed by atoms with Crippen LogP contribution < -0.4 is 0 Å². The van der Waals surface area contributed by atoms with E-state index in [-0.39, 0.29) is 5.56 Å². The molecule has 2 nitrogen and oxygen atoms in total. The van der Waals surface area contributed by atoms with E-state index >= 15 is 0 Å². The number of benzene rings is 2. The molecule has 2 aliphatic rings. The van der Waals surface area contributed by atoms with Crippen LogP contribution in [0, 0.1) is 12.7 Å². The zero-order valence-corrected chi connectivity index (χ0v) is 9.27. The summed E-state index contributed by atoms with van der Waals surface area (Å²) >= 11 is 0. The molecule has 17 heavy (non-hydrogen) atoms. The molecule has 1 aromatic carbocycles. The Hall–Kier alpha value is -2.16. The number of hydrogen-bond donors (Lipinski definition) is 1. The summed E-state index contributed by atoms with van der Waals surface area (Å²) in [6, 6.07) is 11.9. The van der Waals surface area contributed by atoms with Gasteiger partial charge in [0.05, 0.1) is 5.56 Å². The van der Waals surface area contributed by atoms with Crippen LogP contribution in [-0.2, 0) is 0 Å². The van der Waals surface area contributed by atoms with Crippen molar-refractivity contribution in [1.82, 2.24) is 0 Å². The second-order valence-electron chi connectivity index (χ2n) is 3.87. The standard InChI is InChI=1S/C7H5FO2.C7H6/c8-6-4-2-1-3-5(6)7(9)10;1-5-2-6-4-7(6)3-5/h1-4H,(H,9,10);2-4H,1H3. The molecule has 0 spiro atoms. The van der Waals surface area contributed by atoms with Crippen molar-refractivity contribution in [2.24, 2.45) is 0 Å². The first-order chi connectivity index (χ1) is 8.08. The highest BCUT2D eigenvalue weighted by molar-refractivity contribution is 5.87. The van der Waals surface area contributed by atoms with E-state index in [0.717, 1.165) is 6.07 Å². The number of hydrogen-bond acceptors (Lipinski definition) is 1. The Labute approximate surface area is 98.3 Å². The molecule has 0 atom stereocenters. The van der Waals surface area contributed by atoms with Gasteiger partial charge in [0.15, 0.2) is 0 Å². The summed E-state index contributed by atoms with van der Waals surface area (Å²) < 4.78 is 12.5. The van der Waals surface area contributed by atoms with E-state index in [0.29, 0.717) is 0 Å². The quantitative estimate of drug-likeness (QED) is 0.694. The van der Waals surface area contributed by atoms with Crippen LogP contribution in [-0.4, -0.2) is 11.1 Å². The lowest BCUT2D eigenvalue weighted by Gasteiger charge is -1.92. The average Bonchev–Trinajstić information content (AvgIpc) is 2.88. The van der Waals surface area contributed by atoms with Crippen LogP contribution in [0.3, 0.4) is 0 Å². The van der Waals surface area contributed by atoms with Crippen molar-refractivity contribution in [2.75, 3.05) is 0 Å². The first-order valence-corrected chi connectivity index (χ1v) is 5.18. The Bertz CT molecular complexity index is 556. The number of aryl methyl sites for hydroxylation is 1. The largest absolute Gasteiger partial charge is 0.478 e. The summed E-state index contributed by atoms with van der Waals surface area (Å²) in [6.45, 7) is 2.12. The van der Waals surface area contributed by atoms with Crippen molar-refractivity contribution in [3.8, 4) is 11.1 Å². The Morgan fingerprint density at radius 2 is 1.71 bits per heavy atom. The molecule has 0 bridgehead atoms. The summed E-state index contributed by atoms with van der Waals surface area (Å²) in [5.74, 6) is -1.94. The maximum absolute atomic E-state index is 12.5. The molecule has 1 aromatic rings. The fraction of sp³-hybridized carbons (Fsp3) is 0.0714. The number of carboxylic acid groups (broad SMARTS) is 1. The van der Waals surface area contributed by atoms with Gasteiger partial charge < -0.3 is 5.11 Å². The maximum atomic E-state index is 12.5. The van der Waals surface area contributed by atoms with Crippen molar-refractivity contribution in [2.45, 2.75) is 6.92 Å². The topological polar surface area (TPSA) is 37.3 Å². The van der Waals surface area contributed by atoms with Crippen molar-refractivity contribution < 1.29 is 14.3 Å². The van der Waals surface area contributed by atoms with Crippen LogP contribution in [0.4, 0.5) is 4.39 Å². The van der Waals surface area contributed by atoms with Crippen molar-refractivity contribution in [3.63, 3.8) is 0 Å². The minimum Gasteiger partial charge on any atom is -0.478 e. The molecule has 3 rings (SSSR count). The first-order valence-electron chi connectivity index (χ1n) is 5.18. The molecule has 3 heteroatoms. The number of rotatable bonds is 1. The molecule has 2 aliphatic carbocycles.